The van der Waals surface area contributed by atoms with E-state index < -0.39 is 0 Å². The van der Waals surface area contributed by atoms with Gasteiger partial charge in [-0.05, 0) is 24.2 Å². The molecule has 2 rings (SSSR count). The van der Waals surface area contributed by atoms with Crippen LogP contribution in [-0.2, 0) is 0 Å². The monoisotopic (exact) mass is 210 g/mol. The molecule has 9 heteroatoms. The van der Waals surface area contributed by atoms with Crippen molar-refractivity contribution in [3.63, 3.8) is 0 Å². The van der Waals surface area contributed by atoms with Gasteiger partial charge in [-0.2, -0.15) is 0 Å². The molecule has 0 spiro atoms. The van der Waals surface area contributed by atoms with E-state index >= 15 is 0 Å². The van der Waals surface area contributed by atoms with Gasteiger partial charge in [-0.25, -0.2) is 4.63 Å². The van der Waals surface area contributed by atoms with Crippen LogP contribution in [0, 0.1) is 19.1 Å². The summed E-state index contributed by atoms with van der Waals surface area (Å²) in [5, 5.41) is 28.7. The zero-order valence-electron chi connectivity index (χ0n) is 7.91. The molecule has 0 aliphatic heterocycles. The molecule has 2 heterocycles. The molecule has 15 heavy (non-hydrogen) atoms. The number of aromatic nitrogens is 4. The van der Waals surface area contributed by atoms with Gasteiger partial charge in [0.2, 0.25) is 0 Å². The molecule has 0 atom stereocenters. The predicted molar refractivity (Wildman–Crippen MR) is 43.4 cm³/mol. The van der Waals surface area contributed by atoms with Gasteiger partial charge in [-0.1, -0.05) is 10.3 Å². The van der Waals surface area contributed by atoms with Crippen molar-refractivity contribution in [2.45, 2.75) is 13.8 Å². The standard InChI is InChI=1S/C6H6N6O3/c1-3-5(10-14-8-3)7-12(13)6-4(2)9-15-11-6/h1-2H3. The zero-order chi connectivity index (χ0) is 10.8. The van der Waals surface area contributed by atoms with Crippen molar-refractivity contribution in [3.8, 4) is 0 Å². The second-order valence-corrected chi connectivity index (χ2v) is 2.72. The van der Waals surface area contributed by atoms with Crippen LogP contribution in [0.2, 0.25) is 0 Å². The summed E-state index contributed by atoms with van der Waals surface area (Å²) in [5.41, 5.74) is 0.743. The summed E-state index contributed by atoms with van der Waals surface area (Å²) in [7, 11) is 0. The van der Waals surface area contributed by atoms with E-state index in [1.165, 1.54) is 0 Å². The summed E-state index contributed by atoms with van der Waals surface area (Å²) in [6.45, 7) is 3.18. The van der Waals surface area contributed by atoms with Gasteiger partial charge in [-0.15, -0.1) is 9.49 Å². The zero-order valence-corrected chi connectivity index (χ0v) is 7.91. The second-order valence-electron chi connectivity index (χ2n) is 2.72. The Hall–Kier alpha value is -2.32. The van der Waals surface area contributed by atoms with Crippen LogP contribution in [0.3, 0.4) is 0 Å². The van der Waals surface area contributed by atoms with Crippen molar-refractivity contribution in [2.75, 3.05) is 0 Å². The number of aryl methyl sites for hydroxylation is 2. The molecule has 0 amide bonds. The molecule has 0 N–H and O–H groups in total. The van der Waals surface area contributed by atoms with Crippen molar-refractivity contribution in [3.05, 3.63) is 16.6 Å². The maximum absolute atomic E-state index is 11.4. The number of azo groups is 1. The van der Waals surface area contributed by atoms with Crippen LogP contribution in [0.4, 0.5) is 11.6 Å². The maximum Gasteiger partial charge on any atom is 0.421 e. The minimum Gasteiger partial charge on any atom is -0.690 e. The largest absolute Gasteiger partial charge is 0.690 e. The van der Waals surface area contributed by atoms with Crippen LogP contribution in [0.15, 0.2) is 14.4 Å². The average molecular weight is 210 g/mol. The Morgan fingerprint density at radius 1 is 1.07 bits per heavy atom. The van der Waals surface area contributed by atoms with Gasteiger partial charge >= 0.3 is 5.82 Å². The van der Waals surface area contributed by atoms with Crippen LogP contribution >= 0.6 is 0 Å². The lowest BCUT2D eigenvalue weighted by Gasteiger charge is -1.97. The Morgan fingerprint density at radius 3 is 2.27 bits per heavy atom. The normalized spacial score (nSPS) is 12.0. The molecule has 0 unspecified atom stereocenters. The van der Waals surface area contributed by atoms with Gasteiger partial charge < -0.3 is 5.21 Å². The predicted octanol–water partition coefficient (Wildman–Crippen LogP) is 0.995. The molecule has 2 aromatic heterocycles. The summed E-state index contributed by atoms with van der Waals surface area (Å²) in [6, 6.07) is 0. The Kier molecular flexibility index (Phi) is 2.12. The first-order chi connectivity index (χ1) is 7.18. The fraction of sp³-hybridized carbons (Fsp3) is 0.333. The molecular weight excluding hydrogens is 204 g/mol. The fourth-order valence-corrected chi connectivity index (χ4v) is 0.852. The molecule has 0 aromatic carbocycles. The molecule has 0 radical (unpaired) electrons. The van der Waals surface area contributed by atoms with Crippen LogP contribution < -0.4 is 0 Å². The molecule has 9 nitrogen and oxygen atoms in total. The van der Waals surface area contributed by atoms with Crippen LogP contribution in [-0.4, -0.2) is 25.5 Å². The van der Waals surface area contributed by atoms with E-state index in [1.54, 1.807) is 13.8 Å². The van der Waals surface area contributed by atoms with E-state index in [0.29, 0.717) is 11.4 Å². The van der Waals surface area contributed by atoms with E-state index in [9.17, 15) is 5.21 Å². The smallest absolute Gasteiger partial charge is 0.421 e. The molecule has 2 aromatic rings. The Bertz CT molecular complexity index is 500. The van der Waals surface area contributed by atoms with Crippen molar-refractivity contribution in [2.24, 2.45) is 5.11 Å². The Balaban J connectivity index is 2.37. The van der Waals surface area contributed by atoms with Gasteiger partial charge in [-0.3, -0.25) is 0 Å². The van der Waals surface area contributed by atoms with Gasteiger partial charge in [0, 0.05) is 0 Å². The molecule has 0 saturated carbocycles. The average Bonchev–Trinajstić information content (AvgIpc) is 2.76. The van der Waals surface area contributed by atoms with E-state index in [0.717, 1.165) is 0 Å². The quantitative estimate of drug-likeness (QED) is 0.412. The first kappa shape index (κ1) is 9.24. The van der Waals surface area contributed by atoms with Crippen molar-refractivity contribution >= 4 is 11.6 Å². The van der Waals surface area contributed by atoms with E-state index in [-0.39, 0.29) is 16.5 Å². The lowest BCUT2D eigenvalue weighted by Crippen LogP contribution is -1.93. The van der Waals surface area contributed by atoms with Gasteiger partial charge in [0.15, 0.2) is 10.9 Å². The van der Waals surface area contributed by atoms with Gasteiger partial charge in [0.25, 0.3) is 5.82 Å². The van der Waals surface area contributed by atoms with E-state index in [1.807, 2.05) is 0 Å². The van der Waals surface area contributed by atoms with Gasteiger partial charge in [0.1, 0.15) is 5.69 Å². The minimum atomic E-state index is -0.0302. The highest BCUT2D eigenvalue weighted by Gasteiger charge is 2.17. The number of rotatable bonds is 2. The molecule has 0 bridgehead atoms. The summed E-state index contributed by atoms with van der Waals surface area (Å²) in [4.78, 5) is 0.248. The van der Waals surface area contributed by atoms with Crippen LogP contribution in [0.5, 0.6) is 0 Å². The third-order valence-corrected chi connectivity index (χ3v) is 1.62. The van der Waals surface area contributed by atoms with Crippen molar-refractivity contribution in [1.29, 1.82) is 0 Å². The third kappa shape index (κ3) is 1.66. The summed E-state index contributed by atoms with van der Waals surface area (Å²) < 4.78 is 8.73. The summed E-state index contributed by atoms with van der Waals surface area (Å²) >= 11 is 0. The first-order valence-electron chi connectivity index (χ1n) is 3.95. The van der Waals surface area contributed by atoms with Gasteiger partial charge in [0.05, 0.1) is 0 Å². The molecular formula is C6H6N6O3. The maximum atomic E-state index is 11.4. The van der Waals surface area contributed by atoms with Crippen molar-refractivity contribution in [1.82, 2.24) is 20.6 Å². The molecule has 0 saturated heterocycles. The second kappa shape index (κ2) is 3.44. The molecule has 0 aliphatic rings. The van der Waals surface area contributed by atoms with E-state index in [4.69, 9.17) is 0 Å². The highest BCUT2D eigenvalue weighted by Crippen LogP contribution is 2.17. The van der Waals surface area contributed by atoms with Crippen molar-refractivity contribution < 1.29 is 14.1 Å². The summed E-state index contributed by atoms with van der Waals surface area (Å²) in [5.74, 6) is 0.0600. The fourth-order valence-electron chi connectivity index (χ4n) is 0.852. The first-order valence-corrected chi connectivity index (χ1v) is 3.95. The van der Waals surface area contributed by atoms with E-state index in [2.05, 4.69) is 35.0 Å². The molecule has 0 fully saturated rings. The Labute approximate surface area is 82.9 Å². The highest BCUT2D eigenvalue weighted by atomic mass is 16.6. The third-order valence-electron chi connectivity index (χ3n) is 1.62. The molecule has 0 aliphatic carbocycles. The lowest BCUT2D eigenvalue weighted by molar-refractivity contribution is -0.441. The Morgan fingerprint density at radius 2 is 1.73 bits per heavy atom. The summed E-state index contributed by atoms with van der Waals surface area (Å²) in [6.07, 6.45) is 0. The number of hydrogen-bond donors (Lipinski definition) is 0. The topological polar surface area (TPSA) is 116 Å². The lowest BCUT2D eigenvalue weighted by atomic mass is 10.5. The van der Waals surface area contributed by atoms with Crippen LogP contribution in [0.1, 0.15) is 11.4 Å². The molecule has 78 valence electrons. The highest BCUT2D eigenvalue weighted by molar-refractivity contribution is 5.28. The number of hydrogen-bond acceptors (Lipinski definition) is 8. The van der Waals surface area contributed by atoms with Crippen LogP contribution in [0.25, 0.3) is 0 Å². The minimum absolute atomic E-state index is 0.0302. The SMILES string of the molecule is Cc1nonc1N=[N+]([O-])c1nonc1C. The number of nitrogens with zero attached hydrogens (tertiary/aromatic N) is 6.